The van der Waals surface area contributed by atoms with E-state index in [-0.39, 0.29) is 11.9 Å². The van der Waals surface area contributed by atoms with Gasteiger partial charge < -0.3 is 9.84 Å². The fraction of sp³-hybridized carbons (Fsp3) is 0.500. The maximum absolute atomic E-state index is 12.9. The van der Waals surface area contributed by atoms with E-state index in [1.807, 2.05) is 0 Å². The predicted octanol–water partition coefficient (Wildman–Crippen LogP) is 2.67. The Kier molecular flexibility index (Phi) is 3.95. The zero-order valence-corrected chi connectivity index (χ0v) is 10.4. The van der Waals surface area contributed by atoms with E-state index >= 15 is 0 Å². The van der Waals surface area contributed by atoms with Crippen LogP contribution in [0.3, 0.4) is 0 Å². The lowest BCUT2D eigenvalue weighted by Crippen LogP contribution is -2.27. The zero-order valence-electron chi connectivity index (χ0n) is 8.83. The Hall–Kier alpha value is -0.450. The van der Waals surface area contributed by atoms with Gasteiger partial charge in [-0.05, 0) is 30.5 Å². The molecule has 1 aromatic rings. The average Bonchev–Trinajstić information content (AvgIpc) is 2.75. The summed E-state index contributed by atoms with van der Waals surface area (Å²) in [5.41, 5.74) is 0.907. The van der Waals surface area contributed by atoms with Crippen LogP contribution in [-0.2, 0) is 11.2 Å². The molecule has 0 spiro atoms. The molecule has 1 N–H and O–H groups in total. The molecule has 0 amide bonds. The average molecular weight is 289 g/mol. The number of aliphatic hydroxyl groups is 1. The molecule has 1 heterocycles. The number of benzene rings is 1. The highest BCUT2D eigenvalue weighted by Crippen LogP contribution is 2.23. The maximum Gasteiger partial charge on any atom is 0.124 e. The summed E-state index contributed by atoms with van der Waals surface area (Å²) in [6, 6.07) is 4.51. The molecule has 1 aromatic carbocycles. The molecule has 88 valence electrons. The summed E-state index contributed by atoms with van der Waals surface area (Å²) in [7, 11) is 0. The minimum atomic E-state index is -0.510. The summed E-state index contributed by atoms with van der Waals surface area (Å²) in [5.74, 6) is -0.276. The van der Waals surface area contributed by atoms with E-state index in [1.54, 1.807) is 6.07 Å². The van der Waals surface area contributed by atoms with Crippen LogP contribution in [0.4, 0.5) is 4.39 Å². The predicted molar refractivity (Wildman–Crippen MR) is 62.8 cm³/mol. The third-order valence-electron chi connectivity index (χ3n) is 2.84. The summed E-state index contributed by atoms with van der Waals surface area (Å²) in [6.45, 7) is 0.728. The quantitative estimate of drug-likeness (QED) is 0.927. The van der Waals surface area contributed by atoms with Gasteiger partial charge in [0.25, 0.3) is 0 Å². The normalized spacial score (nSPS) is 22.3. The van der Waals surface area contributed by atoms with Crippen molar-refractivity contribution < 1.29 is 14.2 Å². The highest BCUT2D eigenvalue weighted by Gasteiger charge is 2.24. The van der Waals surface area contributed by atoms with Crippen molar-refractivity contribution >= 4 is 15.9 Å². The lowest BCUT2D eigenvalue weighted by atomic mass is 10.0. The molecular weight excluding hydrogens is 275 g/mol. The van der Waals surface area contributed by atoms with Crippen molar-refractivity contribution in [2.24, 2.45) is 0 Å². The van der Waals surface area contributed by atoms with Crippen molar-refractivity contribution in [3.63, 3.8) is 0 Å². The molecule has 2 nitrogen and oxygen atoms in total. The molecule has 0 aliphatic carbocycles. The minimum Gasteiger partial charge on any atom is -0.390 e. The monoisotopic (exact) mass is 288 g/mol. The molecule has 0 radical (unpaired) electrons. The van der Waals surface area contributed by atoms with Gasteiger partial charge in [-0.3, -0.25) is 0 Å². The van der Waals surface area contributed by atoms with Crippen molar-refractivity contribution in [1.29, 1.82) is 0 Å². The van der Waals surface area contributed by atoms with E-state index < -0.39 is 6.10 Å². The second-order valence-corrected chi connectivity index (χ2v) is 4.91. The van der Waals surface area contributed by atoms with Gasteiger partial charge in [-0.15, -0.1) is 0 Å². The molecule has 4 heteroatoms. The van der Waals surface area contributed by atoms with Crippen LogP contribution < -0.4 is 0 Å². The van der Waals surface area contributed by atoms with Gasteiger partial charge in [-0.25, -0.2) is 4.39 Å². The van der Waals surface area contributed by atoms with E-state index in [1.165, 1.54) is 12.1 Å². The largest absolute Gasteiger partial charge is 0.390 e. The van der Waals surface area contributed by atoms with Crippen molar-refractivity contribution in [2.75, 3.05) is 6.61 Å². The van der Waals surface area contributed by atoms with Crippen LogP contribution >= 0.6 is 15.9 Å². The van der Waals surface area contributed by atoms with Gasteiger partial charge in [0, 0.05) is 17.5 Å². The molecule has 2 atom stereocenters. The summed E-state index contributed by atoms with van der Waals surface area (Å²) < 4.78 is 19.0. The van der Waals surface area contributed by atoms with Crippen LogP contribution in [0.2, 0.25) is 0 Å². The maximum atomic E-state index is 12.9. The molecule has 1 aliphatic heterocycles. The van der Waals surface area contributed by atoms with E-state index in [4.69, 9.17) is 4.74 Å². The first kappa shape index (κ1) is 12.0. The van der Waals surface area contributed by atoms with Crippen LogP contribution in [0.15, 0.2) is 22.7 Å². The molecule has 2 rings (SSSR count). The Bertz CT molecular complexity index is 364. The van der Waals surface area contributed by atoms with Gasteiger partial charge in [-0.2, -0.15) is 0 Å². The van der Waals surface area contributed by atoms with E-state index in [0.29, 0.717) is 10.9 Å². The third-order valence-corrected chi connectivity index (χ3v) is 3.58. The van der Waals surface area contributed by atoms with Gasteiger partial charge >= 0.3 is 0 Å². The fourth-order valence-electron chi connectivity index (χ4n) is 1.95. The molecular formula is C12H14BrFO2. The lowest BCUT2D eigenvalue weighted by molar-refractivity contribution is -0.000851. The minimum absolute atomic E-state index is 0.0723. The molecule has 0 saturated carbocycles. The number of ether oxygens (including phenoxy) is 1. The molecule has 2 unspecified atom stereocenters. The fourth-order valence-corrected chi connectivity index (χ4v) is 2.46. The zero-order chi connectivity index (χ0) is 11.5. The van der Waals surface area contributed by atoms with Crippen molar-refractivity contribution in [2.45, 2.75) is 31.5 Å². The molecule has 1 saturated heterocycles. The number of halogens is 2. The highest BCUT2D eigenvalue weighted by molar-refractivity contribution is 9.10. The highest BCUT2D eigenvalue weighted by atomic mass is 79.9. The Morgan fingerprint density at radius 2 is 2.38 bits per heavy atom. The van der Waals surface area contributed by atoms with Crippen LogP contribution in [0.1, 0.15) is 18.4 Å². The Balaban J connectivity index is 2.02. The number of hydrogen-bond acceptors (Lipinski definition) is 2. The number of rotatable bonds is 3. The summed E-state index contributed by atoms with van der Waals surface area (Å²) in [5, 5.41) is 9.96. The first-order chi connectivity index (χ1) is 7.66. The Morgan fingerprint density at radius 3 is 3.00 bits per heavy atom. The Labute approximate surface area is 103 Å². The van der Waals surface area contributed by atoms with Crippen LogP contribution in [-0.4, -0.2) is 23.9 Å². The van der Waals surface area contributed by atoms with Crippen LogP contribution in [0.5, 0.6) is 0 Å². The number of hydrogen-bond donors (Lipinski definition) is 1. The summed E-state index contributed by atoms with van der Waals surface area (Å²) in [6.07, 6.45) is 1.82. The molecule has 1 fully saturated rings. The van der Waals surface area contributed by atoms with Crippen LogP contribution in [0, 0.1) is 5.82 Å². The summed E-state index contributed by atoms with van der Waals surface area (Å²) >= 11 is 3.29. The van der Waals surface area contributed by atoms with Crippen molar-refractivity contribution in [1.82, 2.24) is 0 Å². The van der Waals surface area contributed by atoms with Gasteiger partial charge in [0.2, 0.25) is 0 Å². The topological polar surface area (TPSA) is 29.5 Å². The first-order valence-electron chi connectivity index (χ1n) is 5.40. The van der Waals surface area contributed by atoms with Crippen molar-refractivity contribution in [3.05, 3.63) is 34.1 Å². The molecule has 0 bridgehead atoms. The van der Waals surface area contributed by atoms with Crippen molar-refractivity contribution in [3.8, 4) is 0 Å². The smallest absolute Gasteiger partial charge is 0.124 e. The van der Waals surface area contributed by atoms with E-state index in [0.717, 1.165) is 25.0 Å². The van der Waals surface area contributed by atoms with Gasteiger partial charge in [-0.1, -0.05) is 22.0 Å². The van der Waals surface area contributed by atoms with Gasteiger partial charge in [0.15, 0.2) is 0 Å². The first-order valence-corrected chi connectivity index (χ1v) is 6.19. The standard InChI is InChI=1S/C12H14BrFO2/c13-10-7-9(14)4-3-8(10)6-11(15)12-2-1-5-16-12/h3-4,7,11-12,15H,1-2,5-6H2. The number of aliphatic hydroxyl groups excluding tert-OH is 1. The second kappa shape index (κ2) is 5.25. The Morgan fingerprint density at radius 1 is 1.56 bits per heavy atom. The SMILES string of the molecule is OC(Cc1ccc(F)cc1Br)C1CCCO1. The molecule has 1 aliphatic rings. The summed E-state index contributed by atoms with van der Waals surface area (Å²) in [4.78, 5) is 0. The van der Waals surface area contributed by atoms with E-state index in [9.17, 15) is 9.50 Å². The molecule has 0 aromatic heterocycles. The third kappa shape index (κ3) is 2.81. The van der Waals surface area contributed by atoms with Gasteiger partial charge in [0.1, 0.15) is 5.82 Å². The van der Waals surface area contributed by atoms with E-state index in [2.05, 4.69) is 15.9 Å². The lowest BCUT2D eigenvalue weighted by Gasteiger charge is -2.17. The second-order valence-electron chi connectivity index (χ2n) is 4.06. The van der Waals surface area contributed by atoms with Gasteiger partial charge in [0.05, 0.1) is 12.2 Å². The molecule has 16 heavy (non-hydrogen) atoms. The van der Waals surface area contributed by atoms with Crippen LogP contribution in [0.25, 0.3) is 0 Å².